The first kappa shape index (κ1) is 21.4. The Morgan fingerprint density at radius 2 is 1.63 bits per heavy atom. The number of carbonyl (C=O) groups excluding carboxylic acids is 1. The largest absolute Gasteiger partial charge is 0.495 e. The fraction of sp³-hybridized carbons (Fsp3) is 0.174. The van der Waals surface area contributed by atoms with E-state index in [1.165, 1.54) is 25.3 Å². The van der Waals surface area contributed by atoms with E-state index in [2.05, 4.69) is 10.0 Å². The van der Waals surface area contributed by atoms with Gasteiger partial charge in [0, 0.05) is 11.3 Å². The van der Waals surface area contributed by atoms with E-state index in [1.54, 1.807) is 12.1 Å². The molecule has 0 aromatic heterocycles. The first-order valence-corrected chi connectivity index (χ1v) is 10.9. The van der Waals surface area contributed by atoms with Crippen LogP contribution in [0.15, 0.2) is 77.7 Å². The van der Waals surface area contributed by atoms with E-state index in [1.807, 2.05) is 56.3 Å². The number of hydrogen-bond acceptors (Lipinski definition) is 4. The van der Waals surface area contributed by atoms with Gasteiger partial charge in [-0.15, -0.1) is 0 Å². The van der Waals surface area contributed by atoms with Crippen LogP contribution in [0.1, 0.15) is 34.5 Å². The average Bonchev–Trinajstić information content (AvgIpc) is 2.75. The zero-order valence-electron chi connectivity index (χ0n) is 17.0. The Hall–Kier alpha value is -3.32. The Kier molecular flexibility index (Phi) is 6.42. The Morgan fingerprint density at radius 1 is 0.967 bits per heavy atom. The number of aryl methyl sites for hydroxylation is 1. The van der Waals surface area contributed by atoms with Crippen molar-refractivity contribution in [3.05, 3.63) is 89.5 Å². The summed E-state index contributed by atoms with van der Waals surface area (Å²) in [5, 5.41) is 2.89. The van der Waals surface area contributed by atoms with Crippen molar-refractivity contribution in [2.45, 2.75) is 24.8 Å². The first-order chi connectivity index (χ1) is 14.3. The molecule has 30 heavy (non-hydrogen) atoms. The summed E-state index contributed by atoms with van der Waals surface area (Å²) in [4.78, 5) is 12.6. The Labute approximate surface area is 177 Å². The highest BCUT2D eigenvalue weighted by Crippen LogP contribution is 2.27. The van der Waals surface area contributed by atoms with Crippen molar-refractivity contribution < 1.29 is 17.9 Å². The molecule has 0 aliphatic carbocycles. The number of nitrogens with one attached hydrogen (secondary N) is 2. The molecule has 0 saturated heterocycles. The molecule has 2 N–H and O–H groups in total. The topological polar surface area (TPSA) is 84.5 Å². The lowest BCUT2D eigenvalue weighted by Gasteiger charge is -2.16. The van der Waals surface area contributed by atoms with Gasteiger partial charge in [-0.05, 0) is 49.7 Å². The van der Waals surface area contributed by atoms with Gasteiger partial charge in [-0.3, -0.25) is 9.52 Å². The molecule has 0 aliphatic rings. The lowest BCUT2D eigenvalue weighted by molar-refractivity contribution is 0.0939. The number of carbonyl (C=O) groups is 1. The number of ether oxygens (including phenoxy) is 1. The SMILES string of the molecule is COc1ccc(C(=O)NC(C)c2ccccc2)cc1S(=O)(=O)Nc1ccc(C)cc1. The zero-order valence-corrected chi connectivity index (χ0v) is 17.9. The van der Waals surface area contributed by atoms with Crippen molar-refractivity contribution >= 4 is 21.6 Å². The summed E-state index contributed by atoms with van der Waals surface area (Å²) >= 11 is 0. The van der Waals surface area contributed by atoms with Crippen LogP contribution in [0, 0.1) is 6.92 Å². The minimum Gasteiger partial charge on any atom is -0.495 e. The molecule has 7 heteroatoms. The summed E-state index contributed by atoms with van der Waals surface area (Å²) in [6.45, 7) is 3.78. The van der Waals surface area contributed by atoms with Crippen LogP contribution in [0.25, 0.3) is 0 Å². The van der Waals surface area contributed by atoms with Gasteiger partial charge in [0.05, 0.1) is 13.2 Å². The summed E-state index contributed by atoms with van der Waals surface area (Å²) in [7, 11) is -2.57. The van der Waals surface area contributed by atoms with Gasteiger partial charge in [-0.25, -0.2) is 8.42 Å². The fourth-order valence-electron chi connectivity index (χ4n) is 2.96. The minimum absolute atomic E-state index is 0.106. The molecule has 1 atom stereocenters. The summed E-state index contributed by atoms with van der Waals surface area (Å²) in [6.07, 6.45) is 0. The third-order valence-corrected chi connectivity index (χ3v) is 6.07. The maximum Gasteiger partial charge on any atom is 0.265 e. The second kappa shape index (κ2) is 9.00. The van der Waals surface area contributed by atoms with Gasteiger partial charge >= 0.3 is 0 Å². The van der Waals surface area contributed by atoms with Crippen molar-refractivity contribution in [2.75, 3.05) is 11.8 Å². The van der Waals surface area contributed by atoms with E-state index in [0.717, 1.165) is 11.1 Å². The molecular formula is C23H24N2O4S. The predicted molar refractivity (Wildman–Crippen MR) is 117 cm³/mol. The monoisotopic (exact) mass is 424 g/mol. The van der Waals surface area contributed by atoms with E-state index in [4.69, 9.17) is 4.74 Å². The van der Waals surface area contributed by atoms with Gasteiger partial charge in [-0.1, -0.05) is 48.0 Å². The molecule has 3 aromatic rings. The molecule has 3 rings (SSSR count). The molecule has 0 spiro atoms. The number of amides is 1. The molecule has 3 aromatic carbocycles. The van der Waals surface area contributed by atoms with E-state index in [9.17, 15) is 13.2 Å². The number of rotatable bonds is 7. The second-order valence-electron chi connectivity index (χ2n) is 6.94. The lowest BCUT2D eigenvalue weighted by Crippen LogP contribution is -2.27. The number of sulfonamides is 1. The molecule has 0 fully saturated rings. The van der Waals surface area contributed by atoms with Crippen molar-refractivity contribution in [3.63, 3.8) is 0 Å². The standard InChI is InChI=1S/C23H24N2O4S/c1-16-9-12-20(13-10-16)25-30(27,28)22-15-19(11-14-21(22)29-3)23(26)24-17(2)18-7-5-4-6-8-18/h4-15,17,25H,1-3H3,(H,24,26). The van der Waals surface area contributed by atoms with Crippen LogP contribution in [0.2, 0.25) is 0 Å². The van der Waals surface area contributed by atoms with Crippen LogP contribution in [0.3, 0.4) is 0 Å². The summed E-state index contributed by atoms with van der Waals surface area (Å²) < 4.78 is 33.7. The molecule has 1 amide bonds. The lowest BCUT2D eigenvalue weighted by atomic mass is 10.1. The van der Waals surface area contributed by atoms with Crippen LogP contribution in [-0.2, 0) is 10.0 Å². The molecule has 0 saturated carbocycles. The molecule has 0 heterocycles. The van der Waals surface area contributed by atoms with Crippen LogP contribution >= 0.6 is 0 Å². The third-order valence-electron chi connectivity index (χ3n) is 4.67. The Morgan fingerprint density at radius 3 is 2.27 bits per heavy atom. The highest BCUT2D eigenvalue weighted by Gasteiger charge is 2.22. The Balaban J connectivity index is 1.87. The van der Waals surface area contributed by atoms with Gasteiger partial charge in [-0.2, -0.15) is 0 Å². The smallest absolute Gasteiger partial charge is 0.265 e. The number of methoxy groups -OCH3 is 1. The van der Waals surface area contributed by atoms with Crippen LogP contribution in [0.4, 0.5) is 5.69 Å². The van der Waals surface area contributed by atoms with Gasteiger partial charge in [0.2, 0.25) is 0 Å². The first-order valence-electron chi connectivity index (χ1n) is 9.43. The summed E-state index contributed by atoms with van der Waals surface area (Å²) in [5.41, 5.74) is 2.62. The summed E-state index contributed by atoms with van der Waals surface area (Å²) in [6, 6.07) is 20.6. The minimum atomic E-state index is -3.96. The number of hydrogen-bond donors (Lipinski definition) is 2. The van der Waals surface area contributed by atoms with Crippen molar-refractivity contribution in [3.8, 4) is 5.75 Å². The third kappa shape index (κ3) is 4.99. The average molecular weight is 425 g/mol. The zero-order chi connectivity index (χ0) is 21.7. The maximum atomic E-state index is 13.0. The molecule has 6 nitrogen and oxygen atoms in total. The van der Waals surface area contributed by atoms with E-state index in [-0.39, 0.29) is 28.2 Å². The quantitative estimate of drug-likeness (QED) is 0.592. The van der Waals surface area contributed by atoms with E-state index in [0.29, 0.717) is 5.69 Å². The van der Waals surface area contributed by atoms with Crippen molar-refractivity contribution in [1.29, 1.82) is 0 Å². The maximum absolute atomic E-state index is 13.0. The highest BCUT2D eigenvalue weighted by molar-refractivity contribution is 7.92. The van der Waals surface area contributed by atoms with Crippen molar-refractivity contribution in [1.82, 2.24) is 5.32 Å². The Bertz CT molecular complexity index is 1130. The highest BCUT2D eigenvalue weighted by atomic mass is 32.2. The molecular weight excluding hydrogens is 400 g/mol. The number of benzene rings is 3. The van der Waals surface area contributed by atoms with E-state index < -0.39 is 10.0 Å². The summed E-state index contributed by atoms with van der Waals surface area (Å²) in [5.74, 6) is -0.219. The van der Waals surface area contributed by atoms with Gasteiger partial charge in [0.1, 0.15) is 10.6 Å². The predicted octanol–water partition coefficient (Wildman–Crippen LogP) is 4.30. The molecule has 1 unspecified atom stereocenters. The fourth-order valence-corrected chi connectivity index (χ4v) is 4.22. The molecule has 0 aliphatic heterocycles. The van der Waals surface area contributed by atoms with Crippen molar-refractivity contribution in [2.24, 2.45) is 0 Å². The van der Waals surface area contributed by atoms with Crippen LogP contribution < -0.4 is 14.8 Å². The molecule has 156 valence electrons. The van der Waals surface area contributed by atoms with Crippen LogP contribution in [0.5, 0.6) is 5.75 Å². The molecule has 0 bridgehead atoms. The number of anilines is 1. The molecule has 0 radical (unpaired) electrons. The van der Waals surface area contributed by atoms with Crippen LogP contribution in [-0.4, -0.2) is 21.4 Å². The van der Waals surface area contributed by atoms with Gasteiger partial charge in [0.15, 0.2) is 0 Å². The van der Waals surface area contributed by atoms with E-state index >= 15 is 0 Å². The van der Waals surface area contributed by atoms with Gasteiger partial charge in [0.25, 0.3) is 15.9 Å². The second-order valence-corrected chi connectivity index (χ2v) is 8.59. The van der Waals surface area contributed by atoms with Gasteiger partial charge < -0.3 is 10.1 Å². The normalized spacial score (nSPS) is 12.1.